The van der Waals surface area contributed by atoms with Gasteiger partial charge in [-0.3, -0.25) is 14.6 Å². The smallest absolute Gasteiger partial charge is 0.414 e. The third-order valence-corrected chi connectivity index (χ3v) is 6.63. The van der Waals surface area contributed by atoms with Gasteiger partial charge in [-0.15, -0.1) is 0 Å². The van der Waals surface area contributed by atoms with Crippen molar-refractivity contribution in [1.29, 1.82) is 0 Å². The van der Waals surface area contributed by atoms with Crippen molar-refractivity contribution in [2.45, 2.75) is 38.0 Å². The summed E-state index contributed by atoms with van der Waals surface area (Å²) in [5.41, 5.74) is 1.63. The van der Waals surface area contributed by atoms with Gasteiger partial charge in [-0.25, -0.2) is 18.4 Å². The highest BCUT2D eigenvalue weighted by atomic mass is 19.1. The second-order valence-electron chi connectivity index (χ2n) is 9.08. The molecule has 3 N–H and O–H groups in total. The summed E-state index contributed by atoms with van der Waals surface area (Å²) in [5.74, 6) is -4.19. The SMILES string of the molecule is O=C(O)C(=O)O.O=C(c1ccc(F)cc1)C1CCN([C@H]2CN(Cc3ccc(F)cc3)CC[C@@H]2O)CC1. The molecule has 2 atom stereocenters. The van der Waals surface area contributed by atoms with Crippen molar-refractivity contribution in [3.63, 3.8) is 0 Å². The minimum Gasteiger partial charge on any atom is -0.473 e. The number of halogens is 2. The molecule has 2 aromatic carbocycles. The van der Waals surface area contributed by atoms with Crippen LogP contribution in [0, 0.1) is 17.6 Å². The molecule has 4 rings (SSSR count). The lowest BCUT2D eigenvalue weighted by atomic mass is 9.87. The molecule has 194 valence electrons. The number of hydrogen-bond donors (Lipinski definition) is 3. The summed E-state index contributed by atoms with van der Waals surface area (Å²) in [4.78, 5) is 35.5. The second kappa shape index (κ2) is 12.7. The van der Waals surface area contributed by atoms with E-state index in [0.717, 1.165) is 51.1 Å². The molecule has 0 aromatic heterocycles. The lowest BCUT2D eigenvalue weighted by Gasteiger charge is -2.44. The molecule has 2 heterocycles. The van der Waals surface area contributed by atoms with Gasteiger partial charge in [0, 0.05) is 37.2 Å². The van der Waals surface area contributed by atoms with Crippen molar-refractivity contribution >= 4 is 17.7 Å². The quantitative estimate of drug-likeness (QED) is 0.420. The van der Waals surface area contributed by atoms with Crippen molar-refractivity contribution in [1.82, 2.24) is 9.80 Å². The Morgan fingerprint density at radius 3 is 1.86 bits per heavy atom. The number of Topliss-reactive ketones (excluding diaryl/α,β-unsaturated/α-hetero) is 1. The van der Waals surface area contributed by atoms with Crippen LogP contribution < -0.4 is 0 Å². The van der Waals surface area contributed by atoms with Crippen molar-refractivity contribution in [2.24, 2.45) is 5.92 Å². The number of nitrogens with zero attached hydrogens (tertiary/aromatic N) is 2. The standard InChI is InChI=1S/C24H28F2N2O2.C2H2O4/c25-20-5-1-17(2-6-20)15-27-12-11-23(29)22(16-27)28-13-9-19(10-14-28)24(30)18-3-7-21(26)8-4-18;3-1(4)2(5)6/h1-8,19,22-23,29H,9-16H2;(H,3,4)(H,5,6)/t22-,23-;/m0./s1. The Bertz CT molecular complexity index is 1030. The van der Waals surface area contributed by atoms with Crippen molar-refractivity contribution in [3.8, 4) is 0 Å². The average molecular weight is 505 g/mol. The molecule has 2 aliphatic rings. The number of carboxylic acid groups (broad SMARTS) is 2. The van der Waals surface area contributed by atoms with Crippen molar-refractivity contribution in [3.05, 3.63) is 71.3 Å². The van der Waals surface area contributed by atoms with Crippen LogP contribution in [-0.2, 0) is 16.1 Å². The number of piperidine rings is 2. The Morgan fingerprint density at radius 1 is 0.806 bits per heavy atom. The van der Waals surface area contributed by atoms with E-state index in [2.05, 4.69) is 9.80 Å². The number of ketones is 1. The first-order chi connectivity index (χ1) is 17.1. The van der Waals surface area contributed by atoms with Crippen molar-refractivity contribution < 1.29 is 38.5 Å². The summed E-state index contributed by atoms with van der Waals surface area (Å²) in [5, 5.41) is 25.4. The Labute approximate surface area is 207 Å². The molecule has 2 aromatic rings. The molecule has 0 radical (unpaired) electrons. The third kappa shape index (κ3) is 7.64. The summed E-state index contributed by atoms with van der Waals surface area (Å²) < 4.78 is 26.3. The van der Waals surface area contributed by atoms with E-state index >= 15 is 0 Å². The molecule has 0 bridgehead atoms. The van der Waals surface area contributed by atoms with Gasteiger partial charge in [-0.2, -0.15) is 0 Å². The van der Waals surface area contributed by atoms with Gasteiger partial charge in [0.15, 0.2) is 5.78 Å². The highest BCUT2D eigenvalue weighted by Crippen LogP contribution is 2.27. The van der Waals surface area contributed by atoms with E-state index < -0.39 is 11.9 Å². The number of carbonyl (C=O) groups excluding carboxylic acids is 1. The fourth-order valence-electron chi connectivity index (χ4n) is 4.68. The van der Waals surface area contributed by atoms with Crippen LogP contribution in [0.25, 0.3) is 0 Å². The number of aliphatic carboxylic acids is 2. The second-order valence-corrected chi connectivity index (χ2v) is 9.08. The maximum Gasteiger partial charge on any atom is 0.414 e. The van der Waals surface area contributed by atoms with Gasteiger partial charge in [0.25, 0.3) is 0 Å². The normalized spacial score (nSPS) is 21.3. The number of likely N-dealkylation sites (tertiary alicyclic amines) is 2. The van der Waals surface area contributed by atoms with Crippen LogP contribution in [0.15, 0.2) is 48.5 Å². The molecule has 0 spiro atoms. The summed E-state index contributed by atoms with van der Waals surface area (Å²) in [6.07, 6.45) is 1.83. The largest absolute Gasteiger partial charge is 0.473 e. The summed E-state index contributed by atoms with van der Waals surface area (Å²) in [7, 11) is 0. The molecule has 0 saturated carbocycles. The van der Waals surface area contributed by atoms with Gasteiger partial charge in [0.05, 0.1) is 6.10 Å². The number of aliphatic hydroxyl groups excluding tert-OH is 1. The first-order valence-electron chi connectivity index (χ1n) is 11.8. The Morgan fingerprint density at radius 2 is 1.33 bits per heavy atom. The number of rotatable bonds is 5. The molecule has 0 aliphatic carbocycles. The van der Waals surface area contributed by atoms with E-state index in [1.54, 1.807) is 12.1 Å². The zero-order chi connectivity index (χ0) is 26.2. The highest BCUT2D eigenvalue weighted by Gasteiger charge is 2.35. The van der Waals surface area contributed by atoms with E-state index in [0.29, 0.717) is 12.0 Å². The molecule has 2 aliphatic heterocycles. The molecular weight excluding hydrogens is 474 g/mol. The monoisotopic (exact) mass is 504 g/mol. The van der Waals surface area contributed by atoms with Gasteiger partial charge in [-0.05, 0) is 74.3 Å². The number of carbonyl (C=O) groups is 3. The zero-order valence-electron chi connectivity index (χ0n) is 19.7. The fraction of sp³-hybridized carbons (Fsp3) is 0.423. The Hall–Kier alpha value is -3.21. The van der Waals surface area contributed by atoms with Gasteiger partial charge >= 0.3 is 11.9 Å². The number of aliphatic hydroxyl groups is 1. The summed E-state index contributed by atoms with van der Waals surface area (Å²) in [6, 6.07) is 12.4. The number of carboxylic acids is 2. The first-order valence-corrected chi connectivity index (χ1v) is 11.8. The van der Waals surface area contributed by atoms with Gasteiger partial charge in [0.1, 0.15) is 11.6 Å². The Kier molecular flexibility index (Phi) is 9.63. The summed E-state index contributed by atoms with van der Waals surface area (Å²) >= 11 is 0. The molecule has 10 heteroatoms. The first kappa shape index (κ1) is 27.4. The van der Waals surface area contributed by atoms with Crippen LogP contribution in [0.1, 0.15) is 35.2 Å². The molecular formula is C26H30F2N2O6. The average Bonchev–Trinajstić information content (AvgIpc) is 2.87. The predicted molar refractivity (Wildman–Crippen MR) is 126 cm³/mol. The maximum absolute atomic E-state index is 13.1. The minimum absolute atomic E-state index is 0.0427. The summed E-state index contributed by atoms with van der Waals surface area (Å²) in [6.45, 7) is 3.85. The van der Waals surface area contributed by atoms with Gasteiger partial charge in [0.2, 0.25) is 0 Å². The maximum atomic E-state index is 13.1. The van der Waals surface area contributed by atoms with Crippen LogP contribution in [0.5, 0.6) is 0 Å². The molecule has 8 nitrogen and oxygen atoms in total. The van der Waals surface area contributed by atoms with E-state index in [1.165, 1.54) is 24.3 Å². The third-order valence-electron chi connectivity index (χ3n) is 6.63. The number of hydrogen-bond acceptors (Lipinski definition) is 6. The molecule has 0 amide bonds. The van der Waals surface area contributed by atoms with E-state index in [9.17, 15) is 18.7 Å². The van der Waals surface area contributed by atoms with E-state index in [4.69, 9.17) is 19.8 Å². The molecule has 0 unspecified atom stereocenters. The van der Waals surface area contributed by atoms with E-state index in [-0.39, 0.29) is 35.5 Å². The van der Waals surface area contributed by atoms with Crippen LogP contribution in [0.2, 0.25) is 0 Å². The van der Waals surface area contributed by atoms with Gasteiger partial charge in [-0.1, -0.05) is 12.1 Å². The molecule has 2 saturated heterocycles. The van der Waals surface area contributed by atoms with Gasteiger partial charge < -0.3 is 15.3 Å². The van der Waals surface area contributed by atoms with Crippen LogP contribution in [0.4, 0.5) is 8.78 Å². The molecule has 2 fully saturated rings. The highest BCUT2D eigenvalue weighted by molar-refractivity contribution is 6.27. The van der Waals surface area contributed by atoms with Crippen LogP contribution in [0.3, 0.4) is 0 Å². The van der Waals surface area contributed by atoms with Crippen molar-refractivity contribution in [2.75, 3.05) is 26.2 Å². The topological polar surface area (TPSA) is 118 Å². The minimum atomic E-state index is -1.82. The van der Waals surface area contributed by atoms with E-state index in [1.807, 2.05) is 12.1 Å². The fourth-order valence-corrected chi connectivity index (χ4v) is 4.68. The number of benzene rings is 2. The predicted octanol–water partition coefficient (Wildman–Crippen LogP) is 2.65. The Balaban J connectivity index is 0.000000538. The van der Waals surface area contributed by atoms with Crippen LogP contribution in [-0.4, -0.2) is 81.2 Å². The van der Waals surface area contributed by atoms with Crippen LogP contribution >= 0.6 is 0 Å². The lowest BCUT2D eigenvalue weighted by Crippen LogP contribution is -2.56. The lowest BCUT2D eigenvalue weighted by molar-refractivity contribution is -0.159. The zero-order valence-corrected chi connectivity index (χ0v) is 19.7. The molecule has 36 heavy (non-hydrogen) atoms.